The number of benzene rings is 2. The Kier molecular flexibility index (Phi) is 8.24. The lowest BCUT2D eigenvalue weighted by Crippen LogP contribution is -2.29. The number of amides is 2. The number of carbonyl (C=O) groups is 2. The lowest BCUT2D eigenvalue weighted by atomic mass is 10.2. The maximum absolute atomic E-state index is 13.9. The third kappa shape index (κ3) is 6.21. The highest BCUT2D eigenvalue weighted by Crippen LogP contribution is 2.23. The SMILES string of the molecule is C=CCn1c(SCC(=O)Nc2ccc(C)c(Cl)c2)nnc1[C@@H](C)NC(=O)c1ccccc1F. The molecular formula is C23H23ClFN5O2S. The Morgan fingerprint density at radius 2 is 2.03 bits per heavy atom. The van der Waals surface area contributed by atoms with Crippen molar-refractivity contribution in [3.8, 4) is 0 Å². The third-order valence-electron chi connectivity index (χ3n) is 4.70. The first-order valence-corrected chi connectivity index (χ1v) is 11.4. The lowest BCUT2D eigenvalue weighted by Gasteiger charge is -2.15. The van der Waals surface area contributed by atoms with E-state index < -0.39 is 17.8 Å². The molecule has 2 amide bonds. The molecule has 172 valence electrons. The van der Waals surface area contributed by atoms with E-state index in [1.54, 1.807) is 35.8 Å². The lowest BCUT2D eigenvalue weighted by molar-refractivity contribution is -0.113. The number of aryl methyl sites for hydroxylation is 1. The van der Waals surface area contributed by atoms with E-state index in [2.05, 4.69) is 27.4 Å². The zero-order valence-electron chi connectivity index (χ0n) is 18.1. The van der Waals surface area contributed by atoms with Crippen LogP contribution in [0.25, 0.3) is 0 Å². The zero-order valence-corrected chi connectivity index (χ0v) is 19.7. The van der Waals surface area contributed by atoms with Crippen molar-refractivity contribution in [1.82, 2.24) is 20.1 Å². The van der Waals surface area contributed by atoms with Crippen molar-refractivity contribution in [2.45, 2.75) is 31.6 Å². The van der Waals surface area contributed by atoms with Crippen LogP contribution in [0.4, 0.5) is 10.1 Å². The molecule has 1 atom stereocenters. The summed E-state index contributed by atoms with van der Waals surface area (Å²) in [4.78, 5) is 24.8. The van der Waals surface area contributed by atoms with Gasteiger partial charge in [-0.15, -0.1) is 16.8 Å². The Labute approximate surface area is 200 Å². The van der Waals surface area contributed by atoms with Crippen molar-refractivity contribution in [3.05, 3.63) is 82.9 Å². The van der Waals surface area contributed by atoms with Gasteiger partial charge >= 0.3 is 0 Å². The molecule has 7 nitrogen and oxygen atoms in total. The van der Waals surface area contributed by atoms with Gasteiger partial charge in [-0.05, 0) is 43.7 Å². The number of nitrogens with zero attached hydrogens (tertiary/aromatic N) is 3. The van der Waals surface area contributed by atoms with E-state index in [0.29, 0.717) is 28.2 Å². The summed E-state index contributed by atoms with van der Waals surface area (Å²) in [5, 5.41) is 14.9. The Balaban J connectivity index is 1.67. The van der Waals surface area contributed by atoms with Crippen LogP contribution in [0.2, 0.25) is 5.02 Å². The molecule has 3 aromatic rings. The molecule has 0 saturated carbocycles. The molecule has 2 N–H and O–H groups in total. The monoisotopic (exact) mass is 487 g/mol. The number of aromatic nitrogens is 3. The number of thioether (sulfide) groups is 1. The van der Waals surface area contributed by atoms with Gasteiger partial charge in [0.15, 0.2) is 11.0 Å². The van der Waals surface area contributed by atoms with E-state index in [-0.39, 0.29) is 17.2 Å². The molecule has 0 radical (unpaired) electrons. The smallest absolute Gasteiger partial charge is 0.254 e. The topological polar surface area (TPSA) is 88.9 Å². The summed E-state index contributed by atoms with van der Waals surface area (Å²) in [6.07, 6.45) is 1.66. The van der Waals surface area contributed by atoms with E-state index in [0.717, 1.165) is 5.56 Å². The maximum atomic E-state index is 13.9. The van der Waals surface area contributed by atoms with E-state index in [1.165, 1.54) is 30.0 Å². The molecule has 0 fully saturated rings. The first-order chi connectivity index (χ1) is 15.8. The average molecular weight is 488 g/mol. The predicted molar refractivity (Wildman–Crippen MR) is 128 cm³/mol. The number of hydrogen-bond acceptors (Lipinski definition) is 5. The molecule has 0 aliphatic heterocycles. The van der Waals surface area contributed by atoms with Gasteiger partial charge in [-0.1, -0.05) is 47.6 Å². The number of rotatable bonds is 9. The van der Waals surface area contributed by atoms with E-state index in [4.69, 9.17) is 11.6 Å². The number of anilines is 1. The standard InChI is InChI=1S/C23H23ClFN5O2S/c1-4-11-30-21(15(3)26-22(32)17-7-5-6-8-19(17)25)28-29-23(30)33-13-20(31)27-16-10-9-14(2)18(24)12-16/h4-10,12,15H,1,11,13H2,2-3H3,(H,26,32)(H,27,31)/t15-/m1/s1. The molecule has 0 aliphatic rings. The van der Waals surface area contributed by atoms with Crippen LogP contribution in [0, 0.1) is 12.7 Å². The van der Waals surface area contributed by atoms with Gasteiger partial charge in [-0.25, -0.2) is 4.39 Å². The van der Waals surface area contributed by atoms with Gasteiger partial charge in [0.1, 0.15) is 5.82 Å². The van der Waals surface area contributed by atoms with Crippen molar-refractivity contribution in [3.63, 3.8) is 0 Å². The van der Waals surface area contributed by atoms with Crippen molar-refractivity contribution in [1.29, 1.82) is 0 Å². The highest BCUT2D eigenvalue weighted by molar-refractivity contribution is 7.99. The summed E-state index contributed by atoms with van der Waals surface area (Å²) < 4.78 is 15.7. The molecule has 0 unspecified atom stereocenters. The maximum Gasteiger partial charge on any atom is 0.254 e. The molecule has 0 aliphatic carbocycles. The van der Waals surface area contributed by atoms with Crippen LogP contribution in [-0.4, -0.2) is 32.3 Å². The number of hydrogen-bond donors (Lipinski definition) is 2. The highest BCUT2D eigenvalue weighted by atomic mass is 35.5. The van der Waals surface area contributed by atoms with Crippen LogP contribution in [0.5, 0.6) is 0 Å². The number of halogens is 2. The minimum Gasteiger partial charge on any atom is -0.342 e. The Morgan fingerprint density at radius 3 is 2.73 bits per heavy atom. The molecule has 1 aromatic heterocycles. The molecular weight excluding hydrogens is 465 g/mol. The quantitative estimate of drug-likeness (QED) is 0.335. The molecule has 0 spiro atoms. The first-order valence-electron chi connectivity index (χ1n) is 10.1. The first kappa shape index (κ1) is 24.5. The van der Waals surface area contributed by atoms with Crippen molar-refractivity contribution in [2.24, 2.45) is 0 Å². The van der Waals surface area contributed by atoms with Gasteiger partial charge in [0, 0.05) is 17.3 Å². The van der Waals surface area contributed by atoms with Gasteiger partial charge in [0.2, 0.25) is 5.91 Å². The molecule has 10 heteroatoms. The normalized spacial score (nSPS) is 11.6. The Morgan fingerprint density at radius 1 is 1.27 bits per heavy atom. The van der Waals surface area contributed by atoms with Crippen LogP contribution in [0.3, 0.4) is 0 Å². The molecule has 1 heterocycles. The van der Waals surface area contributed by atoms with Crippen LogP contribution in [0.15, 0.2) is 60.3 Å². The third-order valence-corrected chi connectivity index (χ3v) is 6.07. The summed E-state index contributed by atoms with van der Waals surface area (Å²) in [7, 11) is 0. The van der Waals surface area contributed by atoms with Crippen LogP contribution >= 0.6 is 23.4 Å². The fourth-order valence-electron chi connectivity index (χ4n) is 3.01. The minimum atomic E-state index is -0.605. The van der Waals surface area contributed by atoms with E-state index >= 15 is 0 Å². The van der Waals surface area contributed by atoms with Gasteiger partial charge in [0.05, 0.1) is 17.4 Å². The fourth-order valence-corrected chi connectivity index (χ4v) is 3.95. The summed E-state index contributed by atoms with van der Waals surface area (Å²) in [5.74, 6) is -0.828. The summed E-state index contributed by atoms with van der Waals surface area (Å²) in [6, 6.07) is 10.5. The molecule has 0 saturated heterocycles. The molecule has 3 rings (SSSR count). The van der Waals surface area contributed by atoms with Gasteiger partial charge in [-0.3, -0.25) is 9.59 Å². The van der Waals surface area contributed by atoms with E-state index in [9.17, 15) is 14.0 Å². The van der Waals surface area contributed by atoms with Crippen LogP contribution in [0.1, 0.15) is 34.7 Å². The number of nitrogens with one attached hydrogen (secondary N) is 2. The largest absolute Gasteiger partial charge is 0.342 e. The second-order valence-electron chi connectivity index (χ2n) is 7.22. The average Bonchev–Trinajstić information content (AvgIpc) is 3.18. The number of carbonyl (C=O) groups excluding carboxylic acids is 2. The molecule has 2 aromatic carbocycles. The Bertz CT molecular complexity index is 1180. The highest BCUT2D eigenvalue weighted by Gasteiger charge is 2.21. The van der Waals surface area contributed by atoms with Crippen LogP contribution in [-0.2, 0) is 11.3 Å². The molecule has 0 bridgehead atoms. The fraction of sp³-hybridized carbons (Fsp3) is 0.217. The van der Waals surface area contributed by atoms with Crippen LogP contribution < -0.4 is 10.6 Å². The van der Waals surface area contributed by atoms with Gasteiger partial charge in [-0.2, -0.15) is 0 Å². The van der Waals surface area contributed by atoms with Crippen molar-refractivity contribution >= 4 is 40.9 Å². The second-order valence-corrected chi connectivity index (χ2v) is 8.57. The van der Waals surface area contributed by atoms with Gasteiger partial charge in [0.25, 0.3) is 5.91 Å². The van der Waals surface area contributed by atoms with E-state index in [1.807, 2.05) is 13.0 Å². The zero-order chi connectivity index (χ0) is 24.0. The molecule has 33 heavy (non-hydrogen) atoms. The summed E-state index contributed by atoms with van der Waals surface area (Å²) in [6.45, 7) is 7.73. The second kappa shape index (κ2) is 11.1. The number of allylic oxidation sites excluding steroid dienone is 1. The van der Waals surface area contributed by atoms with Crippen molar-refractivity contribution in [2.75, 3.05) is 11.1 Å². The summed E-state index contributed by atoms with van der Waals surface area (Å²) in [5.41, 5.74) is 1.47. The van der Waals surface area contributed by atoms with Gasteiger partial charge < -0.3 is 15.2 Å². The Hall–Kier alpha value is -3.17. The predicted octanol–water partition coefficient (Wildman–Crippen LogP) is 4.79. The van der Waals surface area contributed by atoms with Crippen molar-refractivity contribution < 1.29 is 14.0 Å². The minimum absolute atomic E-state index is 0.0541. The summed E-state index contributed by atoms with van der Waals surface area (Å²) >= 11 is 7.31.